The lowest BCUT2D eigenvalue weighted by molar-refractivity contribution is 0.0730. The van der Waals surface area contributed by atoms with E-state index in [1.54, 1.807) is 30.2 Å². The average Bonchev–Trinajstić information content (AvgIpc) is 3.34. The van der Waals surface area contributed by atoms with Crippen LogP contribution in [-0.2, 0) is 6.54 Å². The highest BCUT2D eigenvalue weighted by Gasteiger charge is 2.42. The van der Waals surface area contributed by atoms with Crippen LogP contribution in [0.4, 0.5) is 4.39 Å². The van der Waals surface area contributed by atoms with Gasteiger partial charge in [0.2, 0.25) is 0 Å². The van der Waals surface area contributed by atoms with E-state index in [-0.39, 0.29) is 24.0 Å². The normalized spacial score (nSPS) is 15.0. The maximum atomic E-state index is 13.5. The Labute approximate surface area is 196 Å². The molecule has 1 aliphatic heterocycles. The van der Waals surface area contributed by atoms with Gasteiger partial charge in [0.25, 0.3) is 5.91 Å². The number of benzene rings is 3. The first kappa shape index (κ1) is 21.7. The first-order chi connectivity index (χ1) is 16.4. The number of phenolic OH excluding ortho intramolecular Hbond substituents is 1. The number of methoxy groups -OCH3 is 1. The number of aromatic hydroxyl groups is 1. The number of carbonyl (C=O) groups is 1. The number of hydrogen-bond acceptors (Lipinski definition) is 4. The molecule has 6 nitrogen and oxygen atoms in total. The summed E-state index contributed by atoms with van der Waals surface area (Å²) < 4.78 is 18.8. The van der Waals surface area contributed by atoms with Crippen LogP contribution < -0.4 is 4.74 Å². The van der Waals surface area contributed by atoms with Crippen molar-refractivity contribution >= 4 is 5.91 Å². The Hall–Kier alpha value is -4.13. The van der Waals surface area contributed by atoms with Gasteiger partial charge in [0.15, 0.2) is 0 Å². The summed E-state index contributed by atoms with van der Waals surface area (Å²) in [7, 11) is 1.60. The highest BCUT2D eigenvalue weighted by atomic mass is 19.1. The number of H-pyrrole nitrogens is 1. The molecule has 2 N–H and O–H groups in total. The number of ether oxygens (including phenoxy) is 1. The summed E-state index contributed by atoms with van der Waals surface area (Å²) in [6.45, 7) is 4.12. The van der Waals surface area contributed by atoms with Crippen molar-refractivity contribution in [2.24, 2.45) is 0 Å². The first-order valence-corrected chi connectivity index (χ1v) is 11.0. The van der Waals surface area contributed by atoms with Crippen LogP contribution >= 0.6 is 0 Å². The Kier molecular flexibility index (Phi) is 5.32. The number of aromatic nitrogens is 2. The Morgan fingerprint density at radius 3 is 2.44 bits per heavy atom. The molecule has 0 saturated carbocycles. The fourth-order valence-corrected chi connectivity index (χ4v) is 4.72. The summed E-state index contributed by atoms with van der Waals surface area (Å²) in [6, 6.07) is 16.9. The topological polar surface area (TPSA) is 78.5 Å². The minimum absolute atomic E-state index is 0.115. The zero-order valence-corrected chi connectivity index (χ0v) is 19.1. The van der Waals surface area contributed by atoms with Crippen molar-refractivity contribution in [2.75, 3.05) is 7.11 Å². The number of aryl methyl sites for hydroxylation is 2. The van der Waals surface area contributed by atoms with E-state index >= 15 is 0 Å². The van der Waals surface area contributed by atoms with Gasteiger partial charge in [-0.3, -0.25) is 9.89 Å². The van der Waals surface area contributed by atoms with Crippen molar-refractivity contribution < 1.29 is 19.0 Å². The number of carbonyl (C=O) groups excluding carboxylic acids is 1. The highest BCUT2D eigenvalue weighted by molar-refractivity contribution is 6.00. The molecule has 2 heterocycles. The van der Waals surface area contributed by atoms with E-state index in [9.17, 15) is 14.3 Å². The summed E-state index contributed by atoms with van der Waals surface area (Å²) in [5.41, 5.74) is 5.72. The number of aromatic amines is 1. The molecule has 0 saturated heterocycles. The maximum Gasteiger partial charge on any atom is 0.273 e. The zero-order chi connectivity index (χ0) is 24.0. The van der Waals surface area contributed by atoms with Crippen LogP contribution in [0.15, 0.2) is 60.7 Å². The van der Waals surface area contributed by atoms with Crippen molar-refractivity contribution in [3.8, 4) is 22.8 Å². The molecule has 3 aromatic carbocycles. The van der Waals surface area contributed by atoms with Crippen LogP contribution in [0.5, 0.6) is 11.5 Å². The van der Waals surface area contributed by atoms with Gasteiger partial charge in [-0.2, -0.15) is 5.10 Å². The number of rotatable bonds is 5. The van der Waals surface area contributed by atoms with Gasteiger partial charge < -0.3 is 14.7 Å². The van der Waals surface area contributed by atoms with E-state index in [0.717, 1.165) is 22.3 Å². The van der Waals surface area contributed by atoms with Gasteiger partial charge in [0.1, 0.15) is 28.7 Å². The van der Waals surface area contributed by atoms with Crippen LogP contribution in [0.2, 0.25) is 0 Å². The van der Waals surface area contributed by atoms with Gasteiger partial charge in [0.05, 0.1) is 13.2 Å². The van der Waals surface area contributed by atoms with Gasteiger partial charge in [-0.05, 0) is 66.4 Å². The molecule has 4 aromatic rings. The first-order valence-electron chi connectivity index (χ1n) is 11.0. The summed E-state index contributed by atoms with van der Waals surface area (Å²) in [5.74, 6) is 0.288. The molecule has 1 aliphatic rings. The van der Waals surface area contributed by atoms with Crippen LogP contribution in [-0.4, -0.2) is 33.2 Å². The van der Waals surface area contributed by atoms with E-state index in [0.29, 0.717) is 28.3 Å². The molecule has 34 heavy (non-hydrogen) atoms. The van der Waals surface area contributed by atoms with Crippen LogP contribution in [0.3, 0.4) is 0 Å². The smallest absolute Gasteiger partial charge is 0.273 e. The average molecular weight is 458 g/mol. The molecule has 1 aromatic heterocycles. The Morgan fingerprint density at radius 2 is 1.79 bits per heavy atom. The predicted molar refractivity (Wildman–Crippen MR) is 126 cm³/mol. The molecular formula is C27H24FN3O3. The van der Waals surface area contributed by atoms with E-state index in [4.69, 9.17) is 4.74 Å². The van der Waals surface area contributed by atoms with Gasteiger partial charge in [0, 0.05) is 17.7 Å². The molecule has 5 rings (SSSR count). The number of phenols is 1. The van der Waals surface area contributed by atoms with Crippen molar-refractivity contribution in [1.82, 2.24) is 15.1 Å². The SMILES string of the molecule is COc1ccc(C2c3c(-c4c(C)cc(C)cc4O)n[nH]c3C(=O)N2Cc2ccc(F)cc2)cc1. The number of hydrogen-bond donors (Lipinski definition) is 2. The molecule has 1 atom stereocenters. The zero-order valence-electron chi connectivity index (χ0n) is 19.1. The van der Waals surface area contributed by atoms with Crippen molar-refractivity contribution in [3.05, 3.63) is 100.0 Å². The van der Waals surface area contributed by atoms with Gasteiger partial charge >= 0.3 is 0 Å². The van der Waals surface area contributed by atoms with Crippen LogP contribution in [0.1, 0.15) is 44.3 Å². The third-order valence-corrected chi connectivity index (χ3v) is 6.26. The van der Waals surface area contributed by atoms with Crippen LogP contribution in [0.25, 0.3) is 11.3 Å². The Balaban J connectivity index is 1.67. The van der Waals surface area contributed by atoms with E-state index in [1.807, 2.05) is 44.2 Å². The molecule has 1 amide bonds. The minimum atomic E-state index is -0.452. The summed E-state index contributed by atoms with van der Waals surface area (Å²) in [5, 5.41) is 18.2. The summed E-state index contributed by atoms with van der Waals surface area (Å²) in [6.07, 6.45) is 0. The third kappa shape index (κ3) is 3.59. The number of nitrogens with zero attached hydrogens (tertiary/aromatic N) is 2. The number of nitrogens with one attached hydrogen (secondary N) is 1. The fourth-order valence-electron chi connectivity index (χ4n) is 4.72. The lowest BCUT2D eigenvalue weighted by atomic mass is 9.93. The van der Waals surface area contributed by atoms with Gasteiger partial charge in [-0.15, -0.1) is 0 Å². The molecule has 172 valence electrons. The highest BCUT2D eigenvalue weighted by Crippen LogP contribution is 2.46. The standard InChI is InChI=1S/C27H24FN3O3/c1-15-12-16(2)22(21(32)13-15)24-23-25(30-29-24)27(33)31(14-17-4-8-19(28)9-5-17)26(23)18-6-10-20(34-3)11-7-18/h4-13,26,32H,14H2,1-3H3,(H,29,30). The molecule has 0 fully saturated rings. The summed E-state index contributed by atoms with van der Waals surface area (Å²) >= 11 is 0. The molecule has 7 heteroatoms. The Bertz CT molecular complexity index is 1350. The molecule has 0 aliphatic carbocycles. The lowest BCUT2D eigenvalue weighted by Gasteiger charge is -2.27. The summed E-state index contributed by atoms with van der Waals surface area (Å²) in [4.78, 5) is 15.3. The van der Waals surface area contributed by atoms with E-state index in [2.05, 4.69) is 10.2 Å². The van der Waals surface area contributed by atoms with Crippen molar-refractivity contribution in [3.63, 3.8) is 0 Å². The van der Waals surface area contributed by atoms with Crippen molar-refractivity contribution in [2.45, 2.75) is 26.4 Å². The molecule has 1 unspecified atom stereocenters. The molecule has 0 bridgehead atoms. The number of halogens is 1. The monoisotopic (exact) mass is 457 g/mol. The maximum absolute atomic E-state index is 13.5. The van der Waals surface area contributed by atoms with E-state index in [1.165, 1.54) is 12.1 Å². The molecule has 0 radical (unpaired) electrons. The lowest BCUT2D eigenvalue weighted by Crippen LogP contribution is -2.29. The second-order valence-electron chi connectivity index (χ2n) is 8.57. The van der Waals surface area contributed by atoms with Crippen LogP contribution in [0, 0.1) is 19.7 Å². The predicted octanol–water partition coefficient (Wildman–Crippen LogP) is 5.29. The van der Waals surface area contributed by atoms with Gasteiger partial charge in [-0.25, -0.2) is 4.39 Å². The second-order valence-corrected chi connectivity index (χ2v) is 8.57. The third-order valence-electron chi connectivity index (χ3n) is 6.26. The number of fused-ring (bicyclic) bond motifs is 1. The second kappa shape index (κ2) is 8.33. The van der Waals surface area contributed by atoms with E-state index < -0.39 is 6.04 Å². The molecular weight excluding hydrogens is 433 g/mol. The van der Waals surface area contributed by atoms with Gasteiger partial charge in [-0.1, -0.05) is 30.3 Å². The molecule has 0 spiro atoms. The largest absolute Gasteiger partial charge is 0.507 e. The quantitative estimate of drug-likeness (QED) is 0.427. The Morgan fingerprint density at radius 1 is 1.09 bits per heavy atom. The number of amides is 1. The van der Waals surface area contributed by atoms with Crippen molar-refractivity contribution in [1.29, 1.82) is 0 Å². The minimum Gasteiger partial charge on any atom is -0.507 e. The fraction of sp³-hybridized carbons (Fsp3) is 0.185.